The highest BCUT2D eigenvalue weighted by Gasteiger charge is 2.30. The Morgan fingerprint density at radius 3 is 2.62 bits per heavy atom. The third-order valence-corrected chi connectivity index (χ3v) is 7.09. The molecule has 3 rings (SSSR count). The van der Waals surface area contributed by atoms with Crippen LogP contribution in [0.1, 0.15) is 60.4 Å². The summed E-state index contributed by atoms with van der Waals surface area (Å²) in [4.78, 5) is 38.0. The molecule has 1 aliphatic heterocycles. The minimum Gasteiger partial charge on any atom is -0.352 e. The van der Waals surface area contributed by atoms with Crippen LogP contribution in [0.4, 0.5) is 4.79 Å². The van der Waals surface area contributed by atoms with E-state index in [4.69, 9.17) is 28.5 Å². The van der Waals surface area contributed by atoms with Gasteiger partial charge in [-0.2, -0.15) is 5.26 Å². The van der Waals surface area contributed by atoms with E-state index >= 15 is 0 Å². The number of hydrogen-bond donors (Lipinski definition) is 2. The Hall–Kier alpha value is -2.93. The molecule has 0 spiro atoms. The predicted octanol–water partition coefficient (Wildman–Crippen LogP) is 4.17. The van der Waals surface area contributed by atoms with Crippen molar-refractivity contribution in [1.82, 2.24) is 30.4 Å². The van der Waals surface area contributed by atoms with Gasteiger partial charge in [-0.05, 0) is 63.8 Å². The van der Waals surface area contributed by atoms with Gasteiger partial charge in [0.05, 0.1) is 17.8 Å². The van der Waals surface area contributed by atoms with E-state index in [0.29, 0.717) is 42.1 Å². The number of carbonyl (C=O) groups excluding carboxylic acids is 2. The lowest BCUT2D eigenvalue weighted by molar-refractivity contribution is 0.0902. The molecule has 9 nitrogen and oxygen atoms in total. The van der Waals surface area contributed by atoms with E-state index in [1.165, 1.54) is 0 Å². The first-order chi connectivity index (χ1) is 17.7. The first kappa shape index (κ1) is 28.6. The molecule has 3 amide bonds. The second kappa shape index (κ2) is 13.6. The van der Waals surface area contributed by atoms with Crippen molar-refractivity contribution >= 4 is 35.1 Å². The summed E-state index contributed by atoms with van der Waals surface area (Å²) >= 11 is 12.0. The molecule has 198 valence electrons. The molecule has 11 heteroatoms. The third-order valence-electron chi connectivity index (χ3n) is 6.62. The fourth-order valence-corrected chi connectivity index (χ4v) is 5.21. The van der Waals surface area contributed by atoms with Crippen molar-refractivity contribution in [2.24, 2.45) is 0 Å². The molecule has 1 fully saturated rings. The van der Waals surface area contributed by atoms with Gasteiger partial charge in [0.2, 0.25) is 0 Å². The molecule has 1 aliphatic rings. The Kier molecular flexibility index (Phi) is 10.5. The minimum atomic E-state index is -0.260. The number of halogens is 2. The summed E-state index contributed by atoms with van der Waals surface area (Å²) in [6, 6.07) is 9.18. The van der Waals surface area contributed by atoms with Crippen LogP contribution in [0.5, 0.6) is 0 Å². The number of nitrogens with one attached hydrogen (secondary N) is 2. The van der Waals surface area contributed by atoms with Crippen LogP contribution in [-0.2, 0) is 6.54 Å². The van der Waals surface area contributed by atoms with Gasteiger partial charge in [0.15, 0.2) is 0 Å². The Bertz CT molecular complexity index is 1120. The maximum atomic E-state index is 12.9. The van der Waals surface area contributed by atoms with Gasteiger partial charge in [-0.1, -0.05) is 29.3 Å². The maximum Gasteiger partial charge on any atom is 0.317 e. The molecule has 2 N–H and O–H groups in total. The lowest BCUT2D eigenvalue weighted by Gasteiger charge is -2.40. The monoisotopic (exact) mass is 545 g/mol. The molecule has 0 radical (unpaired) electrons. The molecule has 0 unspecified atom stereocenters. The summed E-state index contributed by atoms with van der Waals surface area (Å²) in [5.74, 6) is -0.260. The fraction of sp³-hybridized carbons (Fsp3) is 0.500. The lowest BCUT2D eigenvalue weighted by Crippen LogP contribution is -2.52. The topological polar surface area (TPSA) is 114 Å². The van der Waals surface area contributed by atoms with Gasteiger partial charge < -0.3 is 20.4 Å². The van der Waals surface area contributed by atoms with Crippen molar-refractivity contribution in [3.63, 3.8) is 0 Å². The Morgan fingerprint density at radius 1 is 1.24 bits per heavy atom. The molecule has 0 saturated carbocycles. The Morgan fingerprint density at radius 2 is 1.97 bits per heavy atom. The number of hydrogen-bond acceptors (Lipinski definition) is 6. The number of pyridine rings is 2. The van der Waals surface area contributed by atoms with E-state index < -0.39 is 0 Å². The number of rotatable bonds is 9. The van der Waals surface area contributed by atoms with Gasteiger partial charge in [-0.3, -0.25) is 4.79 Å². The van der Waals surface area contributed by atoms with Gasteiger partial charge in [0.1, 0.15) is 22.1 Å². The molecule has 0 aromatic carbocycles. The summed E-state index contributed by atoms with van der Waals surface area (Å²) in [5.41, 5.74) is 2.07. The second-order valence-corrected chi connectivity index (χ2v) is 9.92. The number of carbonyl (C=O) groups is 2. The van der Waals surface area contributed by atoms with Crippen LogP contribution >= 0.6 is 23.2 Å². The van der Waals surface area contributed by atoms with E-state index in [1.807, 2.05) is 17.9 Å². The molecule has 1 saturated heterocycles. The third kappa shape index (κ3) is 7.78. The van der Waals surface area contributed by atoms with Crippen LogP contribution in [0, 0.1) is 18.3 Å². The first-order valence-electron chi connectivity index (χ1n) is 12.5. The van der Waals surface area contributed by atoms with E-state index in [2.05, 4.69) is 38.5 Å². The second-order valence-electron chi connectivity index (χ2n) is 9.18. The number of nitrogens with zero attached hydrogens (tertiary/aromatic N) is 5. The Balaban J connectivity index is 1.53. The van der Waals surface area contributed by atoms with Gasteiger partial charge >= 0.3 is 6.03 Å². The molecule has 37 heavy (non-hydrogen) atoms. The molecule has 3 heterocycles. The van der Waals surface area contributed by atoms with Crippen molar-refractivity contribution in [2.45, 2.75) is 58.7 Å². The number of nitriles is 1. The van der Waals surface area contributed by atoms with Gasteiger partial charge in [0.25, 0.3) is 5.91 Å². The highest BCUT2D eigenvalue weighted by atomic mass is 35.5. The van der Waals surface area contributed by atoms with Crippen molar-refractivity contribution in [3.05, 3.63) is 57.1 Å². The zero-order chi connectivity index (χ0) is 26.9. The Labute approximate surface area is 228 Å². The number of aryl methyl sites for hydroxylation is 1. The van der Waals surface area contributed by atoms with Crippen LogP contribution in [0.25, 0.3) is 0 Å². The normalized spacial score (nSPS) is 15.0. The average molecular weight is 547 g/mol. The molecule has 0 bridgehead atoms. The standard InChI is InChI=1S/C26H33Cl2N7O2/c1-4-30-26(37)35(16-20-7-5-6-19(15-29)32-20)21-9-12-34(13-10-21)18(3)8-11-31-25(36)23-17(2)14-22(27)33-24(23)28/h5-7,14,18,21H,4,8-13,16H2,1-3H3,(H,30,37)(H,31,36)/t18-/m1/s1. The number of amides is 3. The van der Waals surface area contributed by atoms with Crippen LogP contribution in [-0.4, -0.2) is 70.0 Å². The van der Waals surface area contributed by atoms with Crippen LogP contribution in [0.3, 0.4) is 0 Å². The van der Waals surface area contributed by atoms with Crippen molar-refractivity contribution in [2.75, 3.05) is 26.2 Å². The summed E-state index contributed by atoms with van der Waals surface area (Å²) in [6.45, 7) is 8.90. The quantitative estimate of drug-likeness (QED) is 0.457. The van der Waals surface area contributed by atoms with E-state index in [0.717, 1.165) is 32.4 Å². The fourth-order valence-electron chi connectivity index (χ4n) is 4.60. The minimum absolute atomic E-state index is 0.0739. The first-order valence-corrected chi connectivity index (χ1v) is 13.2. The lowest BCUT2D eigenvalue weighted by atomic mass is 10.0. The molecule has 2 aromatic heterocycles. The molecule has 2 aromatic rings. The average Bonchev–Trinajstić information content (AvgIpc) is 2.87. The van der Waals surface area contributed by atoms with E-state index in [-0.39, 0.29) is 34.3 Å². The summed E-state index contributed by atoms with van der Waals surface area (Å²) in [5, 5.41) is 15.4. The van der Waals surface area contributed by atoms with Gasteiger partial charge in [-0.25, -0.2) is 14.8 Å². The van der Waals surface area contributed by atoms with Crippen LogP contribution in [0.2, 0.25) is 10.3 Å². The van der Waals surface area contributed by atoms with Crippen molar-refractivity contribution in [3.8, 4) is 6.07 Å². The zero-order valence-electron chi connectivity index (χ0n) is 21.4. The van der Waals surface area contributed by atoms with Crippen molar-refractivity contribution in [1.29, 1.82) is 5.26 Å². The van der Waals surface area contributed by atoms with Crippen molar-refractivity contribution < 1.29 is 9.59 Å². The number of piperidine rings is 1. The predicted molar refractivity (Wildman–Crippen MR) is 144 cm³/mol. The number of likely N-dealkylation sites (tertiary alicyclic amines) is 1. The molecular weight excluding hydrogens is 513 g/mol. The van der Waals surface area contributed by atoms with Gasteiger partial charge in [0, 0.05) is 38.3 Å². The highest BCUT2D eigenvalue weighted by molar-refractivity contribution is 6.34. The molecular formula is C26H33Cl2N7O2. The van der Waals surface area contributed by atoms with E-state index in [1.54, 1.807) is 25.1 Å². The summed E-state index contributed by atoms with van der Waals surface area (Å²) < 4.78 is 0. The highest BCUT2D eigenvalue weighted by Crippen LogP contribution is 2.23. The SMILES string of the molecule is CCNC(=O)N(Cc1cccc(C#N)n1)C1CCN([C@H](C)CCNC(=O)c2c(C)cc(Cl)nc2Cl)CC1. The van der Waals surface area contributed by atoms with Crippen LogP contribution in [0.15, 0.2) is 24.3 Å². The molecule has 0 aliphatic carbocycles. The summed E-state index contributed by atoms with van der Waals surface area (Å²) in [6.07, 6.45) is 2.44. The smallest absolute Gasteiger partial charge is 0.317 e. The number of urea groups is 1. The molecule has 1 atom stereocenters. The van der Waals surface area contributed by atoms with Gasteiger partial charge in [-0.15, -0.1) is 0 Å². The van der Waals surface area contributed by atoms with E-state index in [9.17, 15) is 9.59 Å². The summed E-state index contributed by atoms with van der Waals surface area (Å²) in [7, 11) is 0. The number of aromatic nitrogens is 2. The maximum absolute atomic E-state index is 12.9. The largest absolute Gasteiger partial charge is 0.352 e. The zero-order valence-corrected chi connectivity index (χ0v) is 22.9. The van der Waals surface area contributed by atoms with Crippen LogP contribution < -0.4 is 10.6 Å².